The first-order valence-corrected chi connectivity index (χ1v) is 7.93. The van der Waals surface area contributed by atoms with Crippen LogP contribution in [0.25, 0.3) is 11.3 Å². The topological polar surface area (TPSA) is 91.0 Å². The van der Waals surface area contributed by atoms with Crippen LogP contribution in [0.15, 0.2) is 22.6 Å². The summed E-state index contributed by atoms with van der Waals surface area (Å²) >= 11 is 0. The van der Waals surface area contributed by atoms with Crippen LogP contribution in [0.5, 0.6) is 11.5 Å². The van der Waals surface area contributed by atoms with Crippen LogP contribution in [0, 0.1) is 11.6 Å². The Balaban J connectivity index is 2.14. The summed E-state index contributed by atoms with van der Waals surface area (Å²) in [6, 6.07) is 2.55. The molecular weight excluding hydrogens is 320 g/mol. The van der Waals surface area contributed by atoms with Crippen LogP contribution in [-0.4, -0.2) is 30.9 Å². The van der Waals surface area contributed by atoms with Gasteiger partial charge in [0.2, 0.25) is 21.5 Å². The van der Waals surface area contributed by atoms with E-state index >= 15 is 0 Å². The molecule has 0 amide bonds. The number of benzene rings is 1. The number of anilines is 1. The predicted molar refractivity (Wildman–Crippen MR) is 73.1 cm³/mol. The molecule has 2 N–H and O–H groups in total. The molecule has 1 fully saturated rings. The highest BCUT2D eigenvalue weighted by molar-refractivity contribution is 7.93. The summed E-state index contributed by atoms with van der Waals surface area (Å²) in [5.74, 6) is -4.50. The number of aromatic hydroxyl groups is 2. The van der Waals surface area contributed by atoms with Crippen molar-refractivity contribution in [3.63, 3.8) is 0 Å². The fraction of sp³-hybridized carbons (Fsp3) is 0.231. The smallest absolute Gasteiger partial charge is 0.256 e. The molecule has 22 heavy (non-hydrogen) atoms. The minimum absolute atomic E-state index is 0.0776. The summed E-state index contributed by atoms with van der Waals surface area (Å²) in [7, 11) is -3.65. The first-order valence-electron chi connectivity index (χ1n) is 6.32. The van der Waals surface area contributed by atoms with E-state index in [9.17, 15) is 27.4 Å². The highest BCUT2D eigenvalue weighted by atomic mass is 32.2. The third kappa shape index (κ3) is 2.17. The summed E-state index contributed by atoms with van der Waals surface area (Å²) in [4.78, 5) is 0. The van der Waals surface area contributed by atoms with Crippen molar-refractivity contribution < 1.29 is 31.8 Å². The molecule has 2 heterocycles. The van der Waals surface area contributed by atoms with Crippen LogP contribution in [0.4, 0.5) is 14.7 Å². The molecule has 1 aromatic carbocycles. The van der Waals surface area contributed by atoms with Gasteiger partial charge in [-0.3, -0.25) is 0 Å². The highest BCUT2D eigenvalue weighted by Crippen LogP contribution is 2.48. The molecular formula is C13H11F2NO5S. The Hall–Kier alpha value is -2.29. The molecule has 0 spiro atoms. The Bertz CT molecular complexity index is 846. The lowest BCUT2D eigenvalue weighted by Crippen LogP contribution is -2.24. The van der Waals surface area contributed by atoms with E-state index in [1.807, 2.05) is 0 Å². The summed E-state index contributed by atoms with van der Waals surface area (Å²) < 4.78 is 56.3. The molecule has 0 aliphatic carbocycles. The number of hydrogen-bond acceptors (Lipinski definition) is 5. The zero-order valence-corrected chi connectivity index (χ0v) is 11.9. The zero-order valence-electron chi connectivity index (χ0n) is 11.1. The molecule has 1 aliphatic rings. The molecule has 9 heteroatoms. The standard InChI is InChI=1S/C13H11F2NO5S/c14-7-2-3-8(9(15)6-7)12-10(17)11(18)13(21-12)16-4-1-5-22(16,19)20/h2-3,6,17-18H,1,4-5H2. The van der Waals surface area contributed by atoms with Crippen molar-refractivity contribution in [2.75, 3.05) is 16.6 Å². The van der Waals surface area contributed by atoms with Gasteiger partial charge in [-0.25, -0.2) is 21.5 Å². The van der Waals surface area contributed by atoms with E-state index in [-0.39, 0.29) is 17.9 Å². The molecule has 0 radical (unpaired) electrons. The van der Waals surface area contributed by atoms with E-state index < -0.39 is 44.8 Å². The number of nitrogens with zero attached hydrogens (tertiary/aromatic N) is 1. The number of furan rings is 1. The molecule has 3 rings (SSSR count). The average Bonchev–Trinajstić information content (AvgIpc) is 2.92. The van der Waals surface area contributed by atoms with E-state index in [0.29, 0.717) is 12.5 Å². The van der Waals surface area contributed by atoms with Crippen LogP contribution in [0.2, 0.25) is 0 Å². The van der Waals surface area contributed by atoms with Crippen molar-refractivity contribution in [1.82, 2.24) is 0 Å². The SMILES string of the molecule is O=S1(=O)CCCN1c1oc(-c2ccc(F)cc2F)c(O)c1O. The minimum Gasteiger partial charge on any atom is -0.502 e. The van der Waals surface area contributed by atoms with Crippen molar-refractivity contribution in [1.29, 1.82) is 0 Å². The van der Waals surface area contributed by atoms with Gasteiger partial charge < -0.3 is 14.6 Å². The lowest BCUT2D eigenvalue weighted by atomic mass is 10.1. The highest BCUT2D eigenvalue weighted by Gasteiger charge is 2.36. The number of sulfonamides is 1. The number of rotatable bonds is 2. The average molecular weight is 331 g/mol. The number of halogens is 2. The van der Waals surface area contributed by atoms with Crippen LogP contribution < -0.4 is 4.31 Å². The van der Waals surface area contributed by atoms with Crippen molar-refractivity contribution in [3.05, 3.63) is 29.8 Å². The lowest BCUT2D eigenvalue weighted by Gasteiger charge is -2.12. The molecule has 1 aliphatic heterocycles. The summed E-state index contributed by atoms with van der Waals surface area (Å²) in [5.41, 5.74) is -0.294. The van der Waals surface area contributed by atoms with Gasteiger partial charge in [-0.15, -0.1) is 0 Å². The van der Waals surface area contributed by atoms with Gasteiger partial charge >= 0.3 is 0 Å². The van der Waals surface area contributed by atoms with Crippen LogP contribution in [0.1, 0.15) is 6.42 Å². The second-order valence-electron chi connectivity index (χ2n) is 4.80. The fourth-order valence-corrected chi connectivity index (χ4v) is 3.79. The lowest BCUT2D eigenvalue weighted by molar-refractivity contribution is 0.409. The van der Waals surface area contributed by atoms with Crippen molar-refractivity contribution in [2.45, 2.75) is 6.42 Å². The quantitative estimate of drug-likeness (QED) is 0.880. The van der Waals surface area contributed by atoms with E-state index in [4.69, 9.17) is 4.42 Å². The van der Waals surface area contributed by atoms with E-state index in [1.165, 1.54) is 0 Å². The molecule has 1 aromatic heterocycles. The van der Waals surface area contributed by atoms with Crippen LogP contribution in [0.3, 0.4) is 0 Å². The summed E-state index contributed by atoms with van der Waals surface area (Å²) in [5, 5.41) is 19.7. The van der Waals surface area contributed by atoms with Gasteiger partial charge in [-0.2, -0.15) is 0 Å². The Morgan fingerprint density at radius 3 is 2.50 bits per heavy atom. The third-order valence-electron chi connectivity index (χ3n) is 3.34. The fourth-order valence-electron chi connectivity index (χ4n) is 2.30. The summed E-state index contributed by atoms with van der Waals surface area (Å²) in [6.07, 6.45) is 0.337. The van der Waals surface area contributed by atoms with Crippen molar-refractivity contribution in [3.8, 4) is 22.8 Å². The van der Waals surface area contributed by atoms with E-state index in [2.05, 4.69) is 0 Å². The summed E-state index contributed by atoms with van der Waals surface area (Å²) in [6.45, 7) is 0.0776. The predicted octanol–water partition coefficient (Wildman–Crippen LogP) is 2.18. The Labute approximate surface area is 124 Å². The second-order valence-corrected chi connectivity index (χ2v) is 6.81. The molecule has 0 unspecified atom stereocenters. The van der Waals surface area contributed by atoms with Crippen molar-refractivity contribution >= 4 is 15.9 Å². The minimum atomic E-state index is -3.65. The molecule has 1 saturated heterocycles. The van der Waals surface area contributed by atoms with Gasteiger partial charge in [0.1, 0.15) is 11.6 Å². The molecule has 0 bridgehead atoms. The normalized spacial score (nSPS) is 17.1. The maximum atomic E-state index is 13.8. The Kier molecular flexibility index (Phi) is 3.24. The van der Waals surface area contributed by atoms with Gasteiger partial charge in [0.15, 0.2) is 5.76 Å². The van der Waals surface area contributed by atoms with Gasteiger partial charge in [-0.1, -0.05) is 0 Å². The van der Waals surface area contributed by atoms with Gasteiger partial charge in [-0.05, 0) is 18.6 Å². The molecule has 2 aromatic rings. The Morgan fingerprint density at radius 1 is 1.18 bits per heavy atom. The molecule has 6 nitrogen and oxygen atoms in total. The largest absolute Gasteiger partial charge is 0.502 e. The van der Waals surface area contributed by atoms with Gasteiger partial charge in [0.05, 0.1) is 11.3 Å². The Morgan fingerprint density at radius 2 is 1.91 bits per heavy atom. The third-order valence-corrected chi connectivity index (χ3v) is 5.17. The second kappa shape index (κ2) is 4.87. The first-order chi connectivity index (χ1) is 10.3. The van der Waals surface area contributed by atoms with Crippen LogP contribution in [-0.2, 0) is 10.0 Å². The van der Waals surface area contributed by atoms with Gasteiger partial charge in [0, 0.05) is 12.6 Å². The molecule has 0 saturated carbocycles. The molecule has 0 atom stereocenters. The monoisotopic (exact) mass is 331 g/mol. The van der Waals surface area contributed by atoms with Crippen LogP contribution >= 0.6 is 0 Å². The first kappa shape index (κ1) is 14.6. The molecule has 118 valence electrons. The van der Waals surface area contributed by atoms with E-state index in [1.54, 1.807) is 0 Å². The zero-order chi connectivity index (χ0) is 16.1. The number of hydrogen-bond donors (Lipinski definition) is 2. The maximum absolute atomic E-state index is 13.8. The maximum Gasteiger partial charge on any atom is 0.256 e. The van der Waals surface area contributed by atoms with Gasteiger partial charge in [0.25, 0.3) is 5.88 Å². The van der Waals surface area contributed by atoms with E-state index in [0.717, 1.165) is 16.4 Å². The van der Waals surface area contributed by atoms with Crippen molar-refractivity contribution in [2.24, 2.45) is 0 Å².